The van der Waals surface area contributed by atoms with E-state index in [9.17, 15) is 13.2 Å². The van der Waals surface area contributed by atoms with E-state index in [2.05, 4.69) is 0 Å². The van der Waals surface area contributed by atoms with Crippen molar-refractivity contribution in [2.45, 2.75) is 25.8 Å². The maximum Gasteiger partial charge on any atom is 0.242 e. The van der Waals surface area contributed by atoms with Crippen LogP contribution in [0, 0.1) is 0 Å². The van der Waals surface area contributed by atoms with Crippen molar-refractivity contribution < 1.29 is 13.2 Å². The van der Waals surface area contributed by atoms with Crippen LogP contribution < -0.4 is 4.90 Å². The molecule has 6 heteroatoms. The molecule has 0 bridgehead atoms. The minimum atomic E-state index is -3.04. The van der Waals surface area contributed by atoms with Gasteiger partial charge in [0.15, 0.2) is 9.84 Å². The Kier molecular flexibility index (Phi) is 4.70. The zero-order valence-corrected chi connectivity index (χ0v) is 13.0. The topological polar surface area (TPSA) is 54.5 Å². The predicted octanol–water partition coefficient (Wildman–Crippen LogP) is 2.01. The largest absolute Gasteiger partial charge is 0.307 e. The summed E-state index contributed by atoms with van der Waals surface area (Å²) < 4.78 is 23.3. The first-order valence-electron chi connectivity index (χ1n) is 6.64. The van der Waals surface area contributed by atoms with Crippen LogP contribution in [0.4, 0.5) is 5.69 Å². The highest BCUT2D eigenvalue weighted by Crippen LogP contribution is 2.26. The average Bonchev–Trinajstić information content (AvgIpc) is 2.79. The van der Waals surface area contributed by atoms with Crippen molar-refractivity contribution in [1.82, 2.24) is 0 Å². The Balaban J connectivity index is 2.35. The summed E-state index contributed by atoms with van der Waals surface area (Å²) in [6.07, 6.45) is 1.33. The van der Waals surface area contributed by atoms with Gasteiger partial charge in [-0.25, -0.2) is 8.42 Å². The number of anilines is 1. The van der Waals surface area contributed by atoms with Crippen LogP contribution in [0.5, 0.6) is 0 Å². The molecule has 110 valence electrons. The van der Waals surface area contributed by atoms with Gasteiger partial charge in [-0.3, -0.25) is 4.79 Å². The second-order valence-electron chi connectivity index (χ2n) is 4.98. The third kappa shape index (κ3) is 3.33. The molecule has 0 aliphatic carbocycles. The van der Waals surface area contributed by atoms with E-state index in [0.29, 0.717) is 6.42 Å². The van der Waals surface area contributed by atoms with E-state index < -0.39 is 9.84 Å². The summed E-state index contributed by atoms with van der Waals surface area (Å²) in [5.41, 5.74) is 1.84. The van der Waals surface area contributed by atoms with Crippen LogP contribution in [0.1, 0.15) is 18.9 Å². The van der Waals surface area contributed by atoms with Crippen molar-refractivity contribution >= 4 is 33.0 Å². The molecule has 20 heavy (non-hydrogen) atoms. The Morgan fingerprint density at radius 3 is 2.75 bits per heavy atom. The summed E-state index contributed by atoms with van der Waals surface area (Å²) in [4.78, 5) is 13.7. The van der Waals surface area contributed by atoms with E-state index in [4.69, 9.17) is 11.6 Å². The fourth-order valence-electron chi connectivity index (χ4n) is 2.53. The second kappa shape index (κ2) is 6.14. The van der Waals surface area contributed by atoms with E-state index in [1.807, 2.05) is 31.2 Å². The zero-order chi connectivity index (χ0) is 14.8. The molecular weight excluding hydrogens is 298 g/mol. The van der Waals surface area contributed by atoms with Gasteiger partial charge in [-0.1, -0.05) is 19.1 Å². The molecule has 0 N–H and O–H groups in total. The van der Waals surface area contributed by atoms with Crippen LogP contribution in [-0.4, -0.2) is 37.8 Å². The predicted molar refractivity (Wildman–Crippen MR) is 81.1 cm³/mol. The van der Waals surface area contributed by atoms with Gasteiger partial charge in [0.1, 0.15) is 5.88 Å². The number of benzene rings is 1. The number of hydrogen-bond acceptors (Lipinski definition) is 3. The van der Waals surface area contributed by atoms with Gasteiger partial charge in [0.2, 0.25) is 5.91 Å². The Hall–Kier alpha value is -1.07. The molecule has 0 spiro atoms. The molecule has 4 nitrogen and oxygen atoms in total. The van der Waals surface area contributed by atoms with E-state index in [1.54, 1.807) is 4.90 Å². The first kappa shape index (κ1) is 15.3. The lowest BCUT2D eigenvalue weighted by Gasteiger charge is -2.28. The number of amides is 1. The van der Waals surface area contributed by atoms with Gasteiger partial charge >= 0.3 is 0 Å². The standard InChI is InChI=1S/C14H18ClNO3S/c1-2-11-4-3-5-12(8-11)16(14(17)9-15)13-6-7-20(18,19)10-13/h3-5,8,13H,2,6-7,9-10H2,1H3. The van der Waals surface area contributed by atoms with Crippen LogP contribution in [0.2, 0.25) is 0 Å². The highest BCUT2D eigenvalue weighted by atomic mass is 35.5. The molecule has 1 aromatic carbocycles. The minimum absolute atomic E-state index is 0.0198. The average molecular weight is 316 g/mol. The molecule has 1 aliphatic rings. The van der Waals surface area contributed by atoms with Gasteiger partial charge in [-0.2, -0.15) is 0 Å². The van der Waals surface area contributed by atoms with Gasteiger partial charge in [0, 0.05) is 5.69 Å². The first-order chi connectivity index (χ1) is 9.46. The molecule has 1 aliphatic heterocycles. The van der Waals surface area contributed by atoms with Gasteiger partial charge in [-0.05, 0) is 30.5 Å². The van der Waals surface area contributed by atoms with Gasteiger partial charge in [0.25, 0.3) is 0 Å². The number of aryl methyl sites for hydroxylation is 1. The van der Waals surface area contributed by atoms with Crippen molar-refractivity contribution in [3.05, 3.63) is 29.8 Å². The summed E-state index contributed by atoms with van der Waals surface area (Å²) >= 11 is 5.68. The van der Waals surface area contributed by atoms with Gasteiger partial charge < -0.3 is 4.90 Å². The van der Waals surface area contributed by atoms with Crippen molar-refractivity contribution in [1.29, 1.82) is 0 Å². The third-order valence-corrected chi connectivity index (χ3v) is 5.53. The molecule has 1 fully saturated rings. The SMILES string of the molecule is CCc1cccc(N(C(=O)CCl)C2CCS(=O)(=O)C2)c1. The summed E-state index contributed by atoms with van der Waals surface area (Å²) in [5, 5.41) is 0. The van der Waals surface area contributed by atoms with Gasteiger partial charge in [0.05, 0.1) is 17.5 Å². The van der Waals surface area contributed by atoms with Crippen LogP contribution in [0.3, 0.4) is 0 Å². The monoisotopic (exact) mass is 315 g/mol. The molecular formula is C14H18ClNO3S. The molecule has 2 rings (SSSR count). The van der Waals surface area contributed by atoms with E-state index in [0.717, 1.165) is 17.7 Å². The zero-order valence-electron chi connectivity index (χ0n) is 11.4. The number of halogens is 1. The molecule has 1 saturated heterocycles. The van der Waals surface area contributed by atoms with E-state index >= 15 is 0 Å². The summed E-state index contributed by atoms with van der Waals surface area (Å²) in [5.74, 6) is -0.238. The number of carbonyl (C=O) groups is 1. The van der Waals surface area contributed by atoms with Crippen molar-refractivity contribution in [2.75, 3.05) is 22.3 Å². The fourth-order valence-corrected chi connectivity index (χ4v) is 4.36. The third-order valence-electron chi connectivity index (χ3n) is 3.55. The number of carbonyl (C=O) groups excluding carboxylic acids is 1. The first-order valence-corrected chi connectivity index (χ1v) is 9.00. The summed E-state index contributed by atoms with van der Waals surface area (Å²) in [6.45, 7) is 2.03. The molecule has 1 amide bonds. The van der Waals surface area contributed by atoms with Crippen LogP contribution in [0.25, 0.3) is 0 Å². The fraction of sp³-hybridized carbons (Fsp3) is 0.500. The Morgan fingerprint density at radius 1 is 1.45 bits per heavy atom. The van der Waals surface area contributed by atoms with Gasteiger partial charge in [-0.15, -0.1) is 11.6 Å². The lowest BCUT2D eigenvalue weighted by Crippen LogP contribution is -2.42. The minimum Gasteiger partial charge on any atom is -0.307 e. The quantitative estimate of drug-likeness (QED) is 0.799. The maximum absolute atomic E-state index is 12.1. The molecule has 0 saturated carbocycles. The Labute approximate surface area is 124 Å². The lowest BCUT2D eigenvalue weighted by atomic mass is 10.1. The van der Waals surface area contributed by atoms with Crippen molar-refractivity contribution in [3.63, 3.8) is 0 Å². The van der Waals surface area contributed by atoms with Crippen molar-refractivity contribution in [2.24, 2.45) is 0 Å². The number of rotatable bonds is 4. The van der Waals surface area contributed by atoms with Crippen LogP contribution in [0.15, 0.2) is 24.3 Å². The Bertz CT molecular complexity index is 600. The number of sulfone groups is 1. The van der Waals surface area contributed by atoms with E-state index in [-0.39, 0.29) is 29.3 Å². The summed E-state index contributed by atoms with van der Waals surface area (Å²) in [7, 11) is -3.04. The van der Waals surface area contributed by atoms with Crippen LogP contribution in [-0.2, 0) is 21.1 Å². The number of nitrogens with zero attached hydrogens (tertiary/aromatic N) is 1. The molecule has 1 atom stereocenters. The number of hydrogen-bond donors (Lipinski definition) is 0. The highest BCUT2D eigenvalue weighted by molar-refractivity contribution is 7.91. The Morgan fingerprint density at radius 2 is 2.20 bits per heavy atom. The highest BCUT2D eigenvalue weighted by Gasteiger charge is 2.35. The van der Waals surface area contributed by atoms with E-state index in [1.165, 1.54) is 0 Å². The molecule has 0 aromatic heterocycles. The maximum atomic E-state index is 12.1. The second-order valence-corrected chi connectivity index (χ2v) is 7.47. The van der Waals surface area contributed by atoms with Crippen molar-refractivity contribution in [3.8, 4) is 0 Å². The molecule has 1 unspecified atom stereocenters. The molecule has 0 radical (unpaired) electrons. The number of alkyl halides is 1. The normalized spacial score (nSPS) is 20.8. The molecule has 1 aromatic rings. The smallest absolute Gasteiger partial charge is 0.242 e. The summed E-state index contributed by atoms with van der Waals surface area (Å²) in [6, 6.07) is 7.31. The van der Waals surface area contributed by atoms with Crippen LogP contribution >= 0.6 is 11.6 Å². The lowest BCUT2D eigenvalue weighted by molar-refractivity contribution is -0.116. The molecule has 1 heterocycles.